The highest BCUT2D eigenvalue weighted by Gasteiger charge is 2.28. The zero-order valence-corrected chi connectivity index (χ0v) is 12.4. The number of carboxylic acid groups (broad SMARTS) is 1. The number of likely N-dealkylation sites (tertiary alicyclic amines) is 1. The summed E-state index contributed by atoms with van der Waals surface area (Å²) < 4.78 is 28.3. The molecule has 2 rings (SSSR count). The number of nitrogens with zero attached hydrogens (tertiary/aromatic N) is 1. The zero-order chi connectivity index (χ0) is 16.8. The smallest absolute Gasteiger partial charge is 0.387 e. The number of amides is 1. The minimum absolute atomic E-state index is 0.0619. The molecule has 1 heterocycles. The van der Waals surface area contributed by atoms with Gasteiger partial charge >= 0.3 is 12.6 Å². The molecule has 1 fully saturated rings. The monoisotopic (exact) mass is 328 g/mol. The summed E-state index contributed by atoms with van der Waals surface area (Å²) in [6, 6.07) is 6.00. The molecule has 126 valence electrons. The first-order chi connectivity index (χ1) is 10.9. The van der Waals surface area contributed by atoms with Crippen molar-refractivity contribution >= 4 is 11.9 Å². The summed E-state index contributed by atoms with van der Waals surface area (Å²) in [6.45, 7) is -1.48. The molecule has 0 radical (unpaired) electrons. The van der Waals surface area contributed by atoms with Crippen LogP contribution in [0, 0.1) is 5.92 Å². The average molecular weight is 328 g/mol. The molecule has 23 heavy (non-hydrogen) atoms. The van der Waals surface area contributed by atoms with Crippen LogP contribution < -0.4 is 10.1 Å². The van der Waals surface area contributed by atoms with Gasteiger partial charge in [0.05, 0.1) is 12.5 Å². The molecule has 0 spiro atoms. The summed E-state index contributed by atoms with van der Waals surface area (Å²) in [5.74, 6) is -1.39. The van der Waals surface area contributed by atoms with Crippen LogP contribution in [-0.2, 0) is 16.1 Å². The van der Waals surface area contributed by atoms with Gasteiger partial charge in [-0.15, -0.1) is 0 Å². The summed E-state index contributed by atoms with van der Waals surface area (Å²) >= 11 is 0. The van der Waals surface area contributed by atoms with Gasteiger partial charge in [0, 0.05) is 13.1 Å². The van der Waals surface area contributed by atoms with Crippen molar-refractivity contribution < 1.29 is 28.2 Å². The maximum atomic E-state index is 12.0. The van der Waals surface area contributed by atoms with Crippen molar-refractivity contribution in [1.82, 2.24) is 10.2 Å². The number of hydrogen-bond donors (Lipinski definition) is 2. The standard InChI is InChI=1S/C15H18F2N2O4/c16-15(17)23-12-3-1-10(2-4-12)7-18-13(20)9-19-6-5-11(8-19)14(21)22/h1-4,11,15H,5-9H2,(H,18,20)(H,21,22). The number of carbonyl (C=O) groups is 2. The van der Waals surface area contributed by atoms with Gasteiger partial charge < -0.3 is 15.2 Å². The highest BCUT2D eigenvalue weighted by Crippen LogP contribution is 2.16. The Morgan fingerprint density at radius 1 is 1.35 bits per heavy atom. The number of ether oxygens (including phenoxy) is 1. The Morgan fingerprint density at radius 3 is 2.61 bits per heavy atom. The molecule has 8 heteroatoms. The van der Waals surface area contributed by atoms with Crippen LogP contribution >= 0.6 is 0 Å². The summed E-state index contributed by atoms with van der Waals surface area (Å²) in [5, 5.41) is 11.6. The van der Waals surface area contributed by atoms with Crippen molar-refractivity contribution in [1.29, 1.82) is 0 Å². The highest BCUT2D eigenvalue weighted by molar-refractivity contribution is 5.78. The molecule has 0 aromatic heterocycles. The molecule has 1 amide bonds. The van der Waals surface area contributed by atoms with Crippen LogP contribution in [0.1, 0.15) is 12.0 Å². The molecule has 1 aromatic carbocycles. The quantitative estimate of drug-likeness (QED) is 0.789. The van der Waals surface area contributed by atoms with Crippen LogP contribution in [0.5, 0.6) is 5.75 Å². The molecule has 1 atom stereocenters. The minimum Gasteiger partial charge on any atom is -0.481 e. The van der Waals surface area contributed by atoms with Crippen molar-refractivity contribution in [3.05, 3.63) is 29.8 Å². The number of alkyl halides is 2. The lowest BCUT2D eigenvalue weighted by Crippen LogP contribution is -2.36. The fourth-order valence-electron chi connectivity index (χ4n) is 2.43. The van der Waals surface area contributed by atoms with E-state index in [0.29, 0.717) is 19.5 Å². The fourth-order valence-corrected chi connectivity index (χ4v) is 2.43. The maximum absolute atomic E-state index is 12.0. The Balaban J connectivity index is 1.73. The zero-order valence-electron chi connectivity index (χ0n) is 12.4. The SMILES string of the molecule is O=C(CN1CCC(C(=O)O)C1)NCc1ccc(OC(F)F)cc1. The lowest BCUT2D eigenvalue weighted by Gasteiger charge is -2.14. The summed E-state index contributed by atoms with van der Waals surface area (Å²) in [4.78, 5) is 24.5. The fraction of sp³-hybridized carbons (Fsp3) is 0.467. The van der Waals surface area contributed by atoms with E-state index in [1.165, 1.54) is 12.1 Å². The first-order valence-electron chi connectivity index (χ1n) is 7.19. The Labute approximate surface area is 132 Å². The summed E-state index contributed by atoms with van der Waals surface area (Å²) in [6.07, 6.45) is 0.550. The van der Waals surface area contributed by atoms with Crippen LogP contribution in [0.2, 0.25) is 0 Å². The van der Waals surface area contributed by atoms with Crippen LogP contribution in [0.15, 0.2) is 24.3 Å². The number of aliphatic carboxylic acids is 1. The molecule has 0 saturated carbocycles. The number of halogens is 2. The summed E-state index contributed by atoms with van der Waals surface area (Å²) in [7, 11) is 0. The van der Waals surface area contributed by atoms with Crippen LogP contribution in [0.4, 0.5) is 8.78 Å². The van der Waals surface area contributed by atoms with Gasteiger partial charge in [-0.05, 0) is 30.7 Å². The van der Waals surface area contributed by atoms with E-state index >= 15 is 0 Å². The molecule has 6 nitrogen and oxygen atoms in total. The van der Waals surface area contributed by atoms with Crippen molar-refractivity contribution in [2.45, 2.75) is 19.6 Å². The van der Waals surface area contributed by atoms with E-state index in [9.17, 15) is 18.4 Å². The molecule has 0 aliphatic carbocycles. The third-order valence-electron chi connectivity index (χ3n) is 3.63. The molecule has 1 aliphatic heterocycles. The topological polar surface area (TPSA) is 78.9 Å². The Morgan fingerprint density at radius 2 is 2.04 bits per heavy atom. The number of hydrogen-bond acceptors (Lipinski definition) is 4. The van der Waals surface area contributed by atoms with E-state index in [-0.39, 0.29) is 24.7 Å². The summed E-state index contributed by atoms with van der Waals surface area (Å²) in [5.41, 5.74) is 0.754. The predicted molar refractivity (Wildman–Crippen MR) is 77.1 cm³/mol. The van der Waals surface area contributed by atoms with E-state index in [4.69, 9.17) is 5.11 Å². The van der Waals surface area contributed by atoms with Crippen molar-refractivity contribution in [2.75, 3.05) is 19.6 Å². The van der Waals surface area contributed by atoms with Crippen molar-refractivity contribution in [3.8, 4) is 5.75 Å². The Bertz CT molecular complexity index is 551. The Hall–Kier alpha value is -2.22. The van der Waals surface area contributed by atoms with Gasteiger partial charge in [-0.1, -0.05) is 12.1 Å². The second-order valence-corrected chi connectivity index (χ2v) is 5.36. The largest absolute Gasteiger partial charge is 0.481 e. The number of benzene rings is 1. The third kappa shape index (κ3) is 5.48. The normalized spacial score (nSPS) is 18.1. The van der Waals surface area contributed by atoms with Gasteiger partial charge in [0.15, 0.2) is 0 Å². The molecule has 1 aliphatic rings. The predicted octanol–water partition coefficient (Wildman–Crippen LogP) is 1.31. The van der Waals surface area contributed by atoms with Gasteiger partial charge in [0.2, 0.25) is 5.91 Å². The van der Waals surface area contributed by atoms with E-state index in [2.05, 4.69) is 10.1 Å². The van der Waals surface area contributed by atoms with Crippen LogP contribution in [-0.4, -0.2) is 48.1 Å². The van der Waals surface area contributed by atoms with Gasteiger partial charge in [-0.25, -0.2) is 0 Å². The van der Waals surface area contributed by atoms with Gasteiger partial charge in [-0.2, -0.15) is 8.78 Å². The molecule has 2 N–H and O–H groups in total. The molecule has 1 aromatic rings. The second-order valence-electron chi connectivity index (χ2n) is 5.36. The number of carboxylic acids is 1. The van der Waals surface area contributed by atoms with E-state index in [1.54, 1.807) is 17.0 Å². The van der Waals surface area contributed by atoms with E-state index < -0.39 is 18.5 Å². The van der Waals surface area contributed by atoms with Crippen LogP contribution in [0.3, 0.4) is 0 Å². The van der Waals surface area contributed by atoms with Crippen LogP contribution in [0.25, 0.3) is 0 Å². The van der Waals surface area contributed by atoms with Gasteiger partial charge in [-0.3, -0.25) is 14.5 Å². The average Bonchev–Trinajstić information content (AvgIpc) is 2.95. The van der Waals surface area contributed by atoms with E-state index in [0.717, 1.165) is 5.56 Å². The number of rotatable bonds is 7. The number of carbonyl (C=O) groups excluding carboxylic acids is 1. The molecule has 1 saturated heterocycles. The molecule has 1 unspecified atom stereocenters. The first-order valence-corrected chi connectivity index (χ1v) is 7.19. The third-order valence-corrected chi connectivity index (χ3v) is 3.63. The lowest BCUT2D eigenvalue weighted by molar-refractivity contribution is -0.141. The van der Waals surface area contributed by atoms with Crippen molar-refractivity contribution in [2.24, 2.45) is 5.92 Å². The molecular weight excluding hydrogens is 310 g/mol. The second kappa shape index (κ2) is 7.87. The lowest BCUT2D eigenvalue weighted by atomic mass is 10.1. The van der Waals surface area contributed by atoms with E-state index in [1.807, 2.05) is 0 Å². The van der Waals surface area contributed by atoms with Gasteiger partial charge in [0.25, 0.3) is 0 Å². The van der Waals surface area contributed by atoms with Crippen molar-refractivity contribution in [3.63, 3.8) is 0 Å². The highest BCUT2D eigenvalue weighted by atomic mass is 19.3. The number of nitrogens with one attached hydrogen (secondary N) is 1. The van der Waals surface area contributed by atoms with Gasteiger partial charge in [0.1, 0.15) is 5.75 Å². The molecular formula is C15H18F2N2O4. The Kier molecular flexibility index (Phi) is 5.86. The maximum Gasteiger partial charge on any atom is 0.387 e. The minimum atomic E-state index is -2.87. The first kappa shape index (κ1) is 17.1. The molecule has 0 bridgehead atoms.